The fourth-order valence-electron chi connectivity index (χ4n) is 2.85. The van der Waals surface area contributed by atoms with Crippen LogP contribution in [0.25, 0.3) is 11.1 Å². The van der Waals surface area contributed by atoms with Crippen molar-refractivity contribution in [1.82, 2.24) is 0 Å². The van der Waals surface area contributed by atoms with E-state index in [9.17, 15) is 9.59 Å². The van der Waals surface area contributed by atoms with Crippen LogP contribution >= 0.6 is 0 Å². The summed E-state index contributed by atoms with van der Waals surface area (Å²) in [6.45, 7) is 5.22. The van der Waals surface area contributed by atoms with Gasteiger partial charge in [0.1, 0.15) is 35.0 Å². The number of aldehydes is 1. The minimum Gasteiger partial charge on any atom is -0.497 e. The molecular weight excluding hydrogens is 396 g/mol. The lowest BCUT2D eigenvalue weighted by molar-refractivity contribution is -0.130. The molecular formula is C25H22O6. The second kappa shape index (κ2) is 9.63. The van der Waals surface area contributed by atoms with Crippen LogP contribution in [-0.2, 0) is 4.79 Å². The van der Waals surface area contributed by atoms with Gasteiger partial charge in [0.15, 0.2) is 0 Å². The Morgan fingerprint density at radius 3 is 2.03 bits per heavy atom. The SMILES string of the molecule is C=C(C)C(=O)Oc1cccc(Oc2ccc(C=O)cc2)c1-c1cc(OC)cc(OC)c1. The Bertz CT molecular complexity index is 1090. The first-order chi connectivity index (χ1) is 14.9. The van der Waals surface area contributed by atoms with Crippen molar-refractivity contribution in [2.45, 2.75) is 6.92 Å². The van der Waals surface area contributed by atoms with Gasteiger partial charge in [0.2, 0.25) is 0 Å². The van der Waals surface area contributed by atoms with Crippen molar-refractivity contribution in [2.24, 2.45) is 0 Å². The first-order valence-corrected chi connectivity index (χ1v) is 9.42. The highest BCUT2D eigenvalue weighted by Gasteiger charge is 2.19. The third-order valence-electron chi connectivity index (χ3n) is 4.42. The summed E-state index contributed by atoms with van der Waals surface area (Å²) in [4.78, 5) is 23.2. The fourth-order valence-corrected chi connectivity index (χ4v) is 2.85. The highest BCUT2D eigenvalue weighted by atomic mass is 16.5. The van der Waals surface area contributed by atoms with Crippen LogP contribution in [0.5, 0.6) is 28.7 Å². The monoisotopic (exact) mass is 418 g/mol. The zero-order chi connectivity index (χ0) is 22.4. The van der Waals surface area contributed by atoms with Gasteiger partial charge >= 0.3 is 5.97 Å². The summed E-state index contributed by atoms with van der Waals surface area (Å²) in [5.41, 5.74) is 2.01. The lowest BCUT2D eigenvalue weighted by Crippen LogP contribution is -2.09. The second-order valence-electron chi connectivity index (χ2n) is 6.69. The average Bonchev–Trinajstić information content (AvgIpc) is 2.79. The molecule has 0 radical (unpaired) electrons. The summed E-state index contributed by atoms with van der Waals surface area (Å²) < 4.78 is 22.4. The summed E-state index contributed by atoms with van der Waals surface area (Å²) in [7, 11) is 3.11. The maximum Gasteiger partial charge on any atom is 0.338 e. The van der Waals surface area contributed by atoms with Gasteiger partial charge in [-0.15, -0.1) is 0 Å². The molecule has 0 N–H and O–H groups in total. The van der Waals surface area contributed by atoms with Crippen LogP contribution in [0.1, 0.15) is 17.3 Å². The Labute approximate surface area is 180 Å². The minimum absolute atomic E-state index is 0.268. The number of ether oxygens (including phenoxy) is 4. The maximum atomic E-state index is 12.2. The van der Waals surface area contributed by atoms with Crippen LogP contribution < -0.4 is 18.9 Å². The van der Waals surface area contributed by atoms with E-state index in [1.54, 1.807) is 81.8 Å². The van der Waals surface area contributed by atoms with Crippen molar-refractivity contribution in [2.75, 3.05) is 14.2 Å². The van der Waals surface area contributed by atoms with E-state index in [1.165, 1.54) is 0 Å². The molecule has 6 nitrogen and oxygen atoms in total. The van der Waals surface area contributed by atoms with Crippen molar-refractivity contribution in [3.63, 3.8) is 0 Å². The Balaban J connectivity index is 2.15. The molecule has 0 bridgehead atoms. The molecule has 0 fully saturated rings. The fraction of sp³-hybridized carbons (Fsp3) is 0.120. The van der Waals surface area contributed by atoms with E-state index in [-0.39, 0.29) is 5.57 Å². The number of hydrogen-bond donors (Lipinski definition) is 0. The summed E-state index contributed by atoms with van der Waals surface area (Å²) in [6, 6.07) is 17.2. The van der Waals surface area contributed by atoms with E-state index in [0.29, 0.717) is 45.4 Å². The summed E-state index contributed by atoms with van der Waals surface area (Å²) in [6.07, 6.45) is 0.759. The quantitative estimate of drug-likeness (QED) is 0.209. The molecule has 0 aromatic heterocycles. The molecule has 3 aromatic rings. The highest BCUT2D eigenvalue weighted by Crippen LogP contribution is 2.43. The van der Waals surface area contributed by atoms with Crippen LogP contribution in [0.4, 0.5) is 0 Å². The summed E-state index contributed by atoms with van der Waals surface area (Å²) in [5.74, 6) is 1.84. The third-order valence-corrected chi connectivity index (χ3v) is 4.42. The van der Waals surface area contributed by atoms with E-state index in [0.717, 1.165) is 6.29 Å². The topological polar surface area (TPSA) is 71.1 Å². The summed E-state index contributed by atoms with van der Waals surface area (Å²) >= 11 is 0. The van der Waals surface area contributed by atoms with Gasteiger partial charge in [-0.1, -0.05) is 12.6 Å². The lowest BCUT2D eigenvalue weighted by atomic mass is 10.0. The van der Waals surface area contributed by atoms with E-state index in [4.69, 9.17) is 18.9 Å². The number of carbonyl (C=O) groups is 2. The number of esters is 1. The predicted molar refractivity (Wildman–Crippen MR) is 117 cm³/mol. The van der Waals surface area contributed by atoms with Crippen LogP contribution in [0, 0.1) is 0 Å². The molecule has 3 rings (SSSR count). The number of rotatable bonds is 8. The number of carbonyl (C=O) groups excluding carboxylic acids is 2. The zero-order valence-corrected chi connectivity index (χ0v) is 17.5. The van der Waals surface area contributed by atoms with Gasteiger partial charge in [0, 0.05) is 17.2 Å². The lowest BCUT2D eigenvalue weighted by Gasteiger charge is -2.17. The molecule has 0 atom stereocenters. The standard InChI is InChI=1S/C25H22O6/c1-16(2)25(27)31-23-7-5-6-22(30-19-10-8-17(15-26)9-11-19)24(23)18-12-20(28-3)14-21(13-18)29-4/h5-15H,1H2,2-4H3. The Morgan fingerprint density at radius 1 is 0.871 bits per heavy atom. The maximum absolute atomic E-state index is 12.2. The molecule has 0 aliphatic rings. The van der Waals surface area contributed by atoms with Gasteiger partial charge in [-0.3, -0.25) is 4.79 Å². The Hall–Kier alpha value is -4.06. The zero-order valence-electron chi connectivity index (χ0n) is 17.5. The largest absolute Gasteiger partial charge is 0.497 e. The smallest absolute Gasteiger partial charge is 0.338 e. The molecule has 0 saturated carbocycles. The molecule has 0 spiro atoms. The number of hydrogen-bond acceptors (Lipinski definition) is 6. The van der Waals surface area contributed by atoms with E-state index in [1.807, 2.05) is 0 Å². The van der Waals surface area contributed by atoms with Crippen molar-refractivity contribution in [1.29, 1.82) is 0 Å². The van der Waals surface area contributed by atoms with E-state index >= 15 is 0 Å². The Kier molecular flexibility index (Phi) is 6.72. The molecule has 0 heterocycles. The van der Waals surface area contributed by atoms with Crippen molar-refractivity contribution in [3.8, 4) is 39.9 Å². The van der Waals surface area contributed by atoms with Gasteiger partial charge in [0.05, 0.1) is 19.8 Å². The van der Waals surface area contributed by atoms with Gasteiger partial charge < -0.3 is 18.9 Å². The van der Waals surface area contributed by atoms with E-state index < -0.39 is 5.97 Å². The summed E-state index contributed by atoms with van der Waals surface area (Å²) in [5, 5.41) is 0. The predicted octanol–water partition coefficient (Wildman–Crippen LogP) is 5.46. The third kappa shape index (κ3) is 5.11. The van der Waals surface area contributed by atoms with Gasteiger partial charge in [-0.25, -0.2) is 4.79 Å². The number of benzene rings is 3. The second-order valence-corrected chi connectivity index (χ2v) is 6.69. The van der Waals surface area contributed by atoms with Crippen molar-refractivity contribution < 1.29 is 28.5 Å². The normalized spacial score (nSPS) is 10.2. The van der Waals surface area contributed by atoms with Gasteiger partial charge in [-0.05, 0) is 61.0 Å². The molecule has 6 heteroatoms. The first-order valence-electron chi connectivity index (χ1n) is 9.42. The molecule has 0 aliphatic carbocycles. The molecule has 3 aromatic carbocycles. The molecule has 158 valence electrons. The van der Waals surface area contributed by atoms with Gasteiger partial charge in [-0.2, -0.15) is 0 Å². The molecule has 0 saturated heterocycles. The van der Waals surface area contributed by atoms with Crippen LogP contribution in [0.2, 0.25) is 0 Å². The average molecular weight is 418 g/mol. The molecule has 0 unspecified atom stereocenters. The van der Waals surface area contributed by atoms with Crippen LogP contribution in [0.15, 0.2) is 72.8 Å². The highest BCUT2D eigenvalue weighted by molar-refractivity contribution is 5.91. The molecule has 31 heavy (non-hydrogen) atoms. The van der Waals surface area contributed by atoms with Crippen LogP contribution in [0.3, 0.4) is 0 Å². The van der Waals surface area contributed by atoms with Crippen molar-refractivity contribution in [3.05, 3.63) is 78.4 Å². The van der Waals surface area contributed by atoms with Gasteiger partial charge in [0.25, 0.3) is 0 Å². The van der Waals surface area contributed by atoms with E-state index in [2.05, 4.69) is 6.58 Å². The van der Waals surface area contributed by atoms with Crippen molar-refractivity contribution >= 4 is 12.3 Å². The number of methoxy groups -OCH3 is 2. The van der Waals surface area contributed by atoms with Crippen LogP contribution in [-0.4, -0.2) is 26.5 Å². The molecule has 0 aliphatic heterocycles. The first kappa shape index (κ1) is 21.6. The Morgan fingerprint density at radius 2 is 1.48 bits per heavy atom. The minimum atomic E-state index is -0.552. The molecule has 0 amide bonds.